The Morgan fingerprint density at radius 3 is 2.62 bits per heavy atom. The number of aliphatic hydroxyl groups is 1. The number of carbonyl (C=O) groups is 1. The van der Waals surface area contributed by atoms with Crippen LogP contribution in [0.1, 0.15) is 12.0 Å². The number of amides is 1. The number of aliphatic hydroxyl groups excluding tert-OH is 1. The highest BCUT2D eigenvalue weighted by atomic mass is 32.2. The summed E-state index contributed by atoms with van der Waals surface area (Å²) in [4.78, 5) is 14.7. The first kappa shape index (κ1) is 21.3. The molecule has 1 fully saturated rings. The van der Waals surface area contributed by atoms with Gasteiger partial charge in [-0.25, -0.2) is 0 Å². The molecule has 0 radical (unpaired) electrons. The summed E-state index contributed by atoms with van der Waals surface area (Å²) in [5.41, 5.74) is 0.757. The minimum atomic E-state index is -4.72. The first-order valence-corrected chi connectivity index (χ1v) is 9.83. The fourth-order valence-electron chi connectivity index (χ4n) is 2.92. The number of benzene rings is 2. The zero-order valence-corrected chi connectivity index (χ0v) is 16.2. The molecular formula is C20H20F3NO4S. The van der Waals surface area contributed by atoms with Crippen molar-refractivity contribution in [3.8, 4) is 11.5 Å². The molecule has 9 heteroatoms. The second kappa shape index (κ2) is 9.41. The molecule has 0 spiro atoms. The Hall–Kier alpha value is -2.39. The number of thioether (sulfide) groups is 1. The maximum absolute atomic E-state index is 12.4. The van der Waals surface area contributed by atoms with E-state index in [1.54, 1.807) is 35.2 Å². The number of rotatable bonds is 7. The van der Waals surface area contributed by atoms with Crippen LogP contribution in [-0.4, -0.2) is 47.2 Å². The van der Waals surface area contributed by atoms with Gasteiger partial charge in [0.05, 0.1) is 6.61 Å². The largest absolute Gasteiger partial charge is 0.573 e. The maximum Gasteiger partial charge on any atom is 0.573 e. The number of nitrogens with zero attached hydrogens (tertiary/aromatic N) is 1. The molecule has 29 heavy (non-hydrogen) atoms. The van der Waals surface area contributed by atoms with Gasteiger partial charge in [-0.3, -0.25) is 4.79 Å². The van der Waals surface area contributed by atoms with E-state index in [1.807, 2.05) is 0 Å². The van der Waals surface area contributed by atoms with Gasteiger partial charge in [0.15, 0.2) is 6.61 Å². The predicted octanol–water partition coefficient (Wildman–Crippen LogP) is 3.85. The van der Waals surface area contributed by atoms with Crippen molar-refractivity contribution in [1.82, 2.24) is 4.90 Å². The van der Waals surface area contributed by atoms with Crippen molar-refractivity contribution in [2.75, 3.05) is 19.7 Å². The molecule has 156 valence electrons. The summed E-state index contributed by atoms with van der Waals surface area (Å²) < 4.78 is 46.5. The van der Waals surface area contributed by atoms with Crippen molar-refractivity contribution in [3.05, 3.63) is 54.1 Å². The average Bonchev–Trinajstić information content (AvgIpc) is 3.14. The lowest BCUT2D eigenvalue weighted by molar-refractivity contribution is -0.274. The molecule has 2 aromatic rings. The van der Waals surface area contributed by atoms with E-state index in [2.05, 4.69) is 4.74 Å². The molecule has 1 saturated heterocycles. The highest BCUT2D eigenvalue weighted by Crippen LogP contribution is 2.33. The lowest BCUT2D eigenvalue weighted by Crippen LogP contribution is -2.33. The van der Waals surface area contributed by atoms with Gasteiger partial charge in [0.25, 0.3) is 5.91 Å². The van der Waals surface area contributed by atoms with Crippen LogP contribution in [0, 0.1) is 0 Å². The highest BCUT2D eigenvalue weighted by Gasteiger charge is 2.31. The standard InChI is InChI=1S/C20H20F3NO4S/c21-20(22,23)28-16-2-1-3-17(10-16)29-18-8-9-24(11-18)19(26)13-27-15-6-4-14(12-25)5-7-15/h1-7,10,18,25H,8-9,11-13H2. The molecule has 0 saturated carbocycles. The smallest absolute Gasteiger partial charge is 0.484 e. The maximum atomic E-state index is 12.4. The highest BCUT2D eigenvalue weighted by molar-refractivity contribution is 8.00. The second-order valence-corrected chi connectivity index (χ2v) is 7.86. The second-order valence-electron chi connectivity index (χ2n) is 6.48. The number of ether oxygens (including phenoxy) is 2. The van der Waals surface area contributed by atoms with Gasteiger partial charge in [-0.05, 0) is 42.3 Å². The molecule has 0 aromatic heterocycles. The Labute approximate surface area is 170 Å². The van der Waals surface area contributed by atoms with Gasteiger partial charge in [-0.2, -0.15) is 0 Å². The van der Waals surface area contributed by atoms with E-state index in [4.69, 9.17) is 9.84 Å². The molecule has 5 nitrogen and oxygen atoms in total. The van der Waals surface area contributed by atoms with Crippen LogP contribution in [0.2, 0.25) is 0 Å². The topological polar surface area (TPSA) is 59.0 Å². The van der Waals surface area contributed by atoms with E-state index in [1.165, 1.54) is 30.0 Å². The molecule has 2 aromatic carbocycles. The van der Waals surface area contributed by atoms with Gasteiger partial charge in [0, 0.05) is 23.2 Å². The van der Waals surface area contributed by atoms with E-state index in [-0.39, 0.29) is 30.1 Å². The number of hydrogen-bond donors (Lipinski definition) is 1. The fourth-order valence-corrected chi connectivity index (χ4v) is 4.12. The molecule has 1 aliphatic heterocycles. The summed E-state index contributed by atoms with van der Waals surface area (Å²) in [5.74, 6) is 0.143. The van der Waals surface area contributed by atoms with E-state index in [9.17, 15) is 18.0 Å². The molecule has 0 bridgehead atoms. The molecule has 1 heterocycles. The van der Waals surface area contributed by atoms with Gasteiger partial charge in [-0.15, -0.1) is 24.9 Å². The summed E-state index contributed by atoms with van der Waals surface area (Å²) in [6.45, 7) is 0.921. The van der Waals surface area contributed by atoms with Crippen LogP contribution in [0.15, 0.2) is 53.4 Å². The SMILES string of the molecule is O=C(COc1ccc(CO)cc1)N1CCC(Sc2cccc(OC(F)(F)F)c2)C1. The van der Waals surface area contributed by atoms with Crippen molar-refractivity contribution in [1.29, 1.82) is 0 Å². The van der Waals surface area contributed by atoms with Crippen LogP contribution in [0.4, 0.5) is 13.2 Å². The molecule has 1 N–H and O–H groups in total. The van der Waals surface area contributed by atoms with Crippen LogP contribution in [0.5, 0.6) is 11.5 Å². The van der Waals surface area contributed by atoms with Gasteiger partial charge < -0.3 is 19.5 Å². The van der Waals surface area contributed by atoms with Gasteiger partial charge in [0.2, 0.25) is 0 Å². The van der Waals surface area contributed by atoms with Crippen LogP contribution in [-0.2, 0) is 11.4 Å². The molecule has 0 aliphatic carbocycles. The summed E-state index contributed by atoms with van der Waals surface area (Å²) >= 11 is 1.43. The first-order valence-electron chi connectivity index (χ1n) is 8.95. The zero-order chi connectivity index (χ0) is 20.9. The van der Waals surface area contributed by atoms with Crippen molar-refractivity contribution in [2.24, 2.45) is 0 Å². The molecule has 1 amide bonds. The quantitative estimate of drug-likeness (QED) is 0.728. The third kappa shape index (κ3) is 6.57. The predicted molar refractivity (Wildman–Crippen MR) is 102 cm³/mol. The van der Waals surface area contributed by atoms with Crippen molar-refractivity contribution < 1.29 is 32.5 Å². The monoisotopic (exact) mass is 427 g/mol. The Morgan fingerprint density at radius 1 is 1.17 bits per heavy atom. The Morgan fingerprint density at radius 2 is 1.93 bits per heavy atom. The number of alkyl halides is 3. The van der Waals surface area contributed by atoms with Gasteiger partial charge in [-0.1, -0.05) is 18.2 Å². The van der Waals surface area contributed by atoms with E-state index in [0.717, 1.165) is 12.0 Å². The molecule has 3 rings (SSSR count). The van der Waals surface area contributed by atoms with E-state index >= 15 is 0 Å². The lowest BCUT2D eigenvalue weighted by atomic mass is 10.2. The van der Waals surface area contributed by atoms with Crippen molar-refractivity contribution in [3.63, 3.8) is 0 Å². The van der Waals surface area contributed by atoms with Crippen LogP contribution >= 0.6 is 11.8 Å². The Bertz CT molecular complexity index is 829. The van der Waals surface area contributed by atoms with E-state index < -0.39 is 6.36 Å². The summed E-state index contributed by atoms with van der Waals surface area (Å²) in [7, 11) is 0. The molecule has 1 atom stereocenters. The third-order valence-corrected chi connectivity index (χ3v) is 5.55. The fraction of sp³-hybridized carbons (Fsp3) is 0.350. The van der Waals surface area contributed by atoms with Gasteiger partial charge in [0.1, 0.15) is 11.5 Å². The lowest BCUT2D eigenvalue weighted by Gasteiger charge is -2.17. The van der Waals surface area contributed by atoms with Crippen LogP contribution in [0.3, 0.4) is 0 Å². The number of likely N-dealkylation sites (tertiary alicyclic amines) is 1. The van der Waals surface area contributed by atoms with Crippen molar-refractivity contribution in [2.45, 2.75) is 29.5 Å². The molecule has 1 aliphatic rings. The normalized spacial score (nSPS) is 16.7. The molecule has 1 unspecified atom stereocenters. The van der Waals surface area contributed by atoms with Gasteiger partial charge >= 0.3 is 6.36 Å². The Kier molecular flexibility index (Phi) is 6.92. The van der Waals surface area contributed by atoms with Crippen LogP contribution in [0.25, 0.3) is 0 Å². The zero-order valence-electron chi connectivity index (χ0n) is 15.4. The van der Waals surface area contributed by atoms with Crippen molar-refractivity contribution >= 4 is 17.7 Å². The first-order chi connectivity index (χ1) is 13.8. The third-order valence-electron chi connectivity index (χ3n) is 4.31. The van der Waals surface area contributed by atoms with E-state index in [0.29, 0.717) is 23.7 Å². The molecular weight excluding hydrogens is 407 g/mol. The summed E-state index contributed by atoms with van der Waals surface area (Å²) in [6.07, 6.45) is -3.98. The summed E-state index contributed by atoms with van der Waals surface area (Å²) in [5, 5.41) is 9.11. The number of hydrogen-bond acceptors (Lipinski definition) is 5. The number of carbonyl (C=O) groups excluding carboxylic acids is 1. The minimum absolute atomic E-state index is 0.0583. The summed E-state index contributed by atoms with van der Waals surface area (Å²) in [6, 6.07) is 12.7. The number of halogens is 3. The average molecular weight is 427 g/mol. The minimum Gasteiger partial charge on any atom is -0.484 e. The Balaban J connectivity index is 1.48. The van der Waals surface area contributed by atoms with Crippen LogP contribution < -0.4 is 9.47 Å².